The summed E-state index contributed by atoms with van der Waals surface area (Å²) in [6, 6.07) is 7.31. The van der Waals surface area contributed by atoms with E-state index >= 15 is 0 Å². The molecule has 2 unspecified atom stereocenters. The molecule has 48 heavy (non-hydrogen) atoms. The molecule has 3 aromatic rings. The van der Waals surface area contributed by atoms with Crippen LogP contribution in [0.4, 0.5) is 17.6 Å². The number of para-hydroxylation sites is 1. The number of benzene rings is 2. The first-order valence-electron chi connectivity index (χ1n) is 16.0. The van der Waals surface area contributed by atoms with Crippen molar-refractivity contribution in [2.45, 2.75) is 90.0 Å². The van der Waals surface area contributed by atoms with Gasteiger partial charge in [-0.2, -0.15) is 13.2 Å². The van der Waals surface area contributed by atoms with Crippen LogP contribution in [0.2, 0.25) is 0 Å². The van der Waals surface area contributed by atoms with Crippen molar-refractivity contribution in [1.29, 1.82) is 0 Å². The number of nitrogens with two attached hydrogens (primary N) is 1. The lowest BCUT2D eigenvalue weighted by molar-refractivity contribution is -0.139. The fraction of sp³-hybridized carbons (Fsp3) is 0.471. The third-order valence-electron chi connectivity index (χ3n) is 9.46. The van der Waals surface area contributed by atoms with E-state index in [1.54, 1.807) is 19.9 Å². The molecule has 0 saturated heterocycles. The molecule has 14 heteroatoms. The first-order chi connectivity index (χ1) is 22.6. The van der Waals surface area contributed by atoms with Gasteiger partial charge in [-0.25, -0.2) is 10.2 Å². The average molecular weight is 675 g/mol. The number of hydrazine groups is 1. The molecule has 0 fully saturated rings. The predicted molar refractivity (Wildman–Crippen MR) is 171 cm³/mol. The highest BCUT2D eigenvalue weighted by Crippen LogP contribution is 2.40. The molecule has 0 spiro atoms. The second-order valence-electron chi connectivity index (χ2n) is 12.6. The number of hydrogen-bond acceptors (Lipinski definition) is 5. The molecule has 1 heterocycles. The topological polar surface area (TPSA) is 158 Å². The van der Waals surface area contributed by atoms with Crippen LogP contribution in [0, 0.1) is 17.7 Å². The fourth-order valence-electron chi connectivity index (χ4n) is 6.19. The van der Waals surface area contributed by atoms with Crippen molar-refractivity contribution in [3.8, 4) is 0 Å². The van der Waals surface area contributed by atoms with Crippen molar-refractivity contribution in [3.05, 3.63) is 70.7 Å². The molecule has 0 aliphatic heterocycles. The second-order valence-corrected chi connectivity index (χ2v) is 12.6. The monoisotopic (exact) mass is 674 g/mol. The predicted octanol–water partition coefficient (Wildman–Crippen LogP) is 3.96. The Labute approximate surface area is 275 Å². The van der Waals surface area contributed by atoms with E-state index in [9.17, 15) is 36.7 Å². The number of halogens is 4. The van der Waals surface area contributed by atoms with Gasteiger partial charge >= 0.3 is 6.18 Å². The van der Waals surface area contributed by atoms with Crippen molar-refractivity contribution in [1.82, 2.24) is 26.4 Å². The number of fused-ring (bicyclic) bond motifs is 3. The molecular weight excluding hydrogens is 632 g/mol. The lowest BCUT2D eigenvalue weighted by Crippen LogP contribution is -2.67. The Morgan fingerprint density at radius 1 is 0.938 bits per heavy atom. The van der Waals surface area contributed by atoms with E-state index in [4.69, 9.17) is 5.84 Å². The minimum absolute atomic E-state index is 0.0282. The number of aromatic nitrogens is 1. The molecule has 4 rings (SSSR count). The van der Waals surface area contributed by atoms with Crippen LogP contribution in [0.15, 0.2) is 42.5 Å². The van der Waals surface area contributed by atoms with Gasteiger partial charge in [0, 0.05) is 17.5 Å². The Kier molecular flexibility index (Phi) is 11.2. The summed E-state index contributed by atoms with van der Waals surface area (Å²) in [4.78, 5) is 57.1. The highest BCUT2D eigenvalue weighted by molar-refractivity contribution is 5.98. The highest BCUT2D eigenvalue weighted by atomic mass is 19.4. The Morgan fingerprint density at radius 3 is 2.19 bits per heavy atom. The Morgan fingerprint density at radius 2 is 1.58 bits per heavy atom. The van der Waals surface area contributed by atoms with Crippen LogP contribution < -0.4 is 27.2 Å². The first-order valence-corrected chi connectivity index (χ1v) is 16.0. The van der Waals surface area contributed by atoms with Gasteiger partial charge < -0.3 is 20.9 Å². The van der Waals surface area contributed by atoms with Gasteiger partial charge in [-0.1, -0.05) is 70.9 Å². The van der Waals surface area contributed by atoms with Crippen molar-refractivity contribution < 1.29 is 36.7 Å². The van der Waals surface area contributed by atoms with Crippen molar-refractivity contribution in [2.24, 2.45) is 17.7 Å². The van der Waals surface area contributed by atoms with Crippen LogP contribution >= 0.6 is 0 Å². The SMILES string of the molecule is CCC(C)[C@H](NC(=O)Cc1ccccc1F)C(=O)N[C@]1(C(=O)NC(C(=O)NN)[C@@H](C)CC)CCc2[nH]c3c(C(F)(F)F)cccc3c2C1. The van der Waals surface area contributed by atoms with Gasteiger partial charge in [0.2, 0.25) is 17.7 Å². The molecule has 5 atom stereocenters. The summed E-state index contributed by atoms with van der Waals surface area (Å²) in [7, 11) is 0. The zero-order valence-corrected chi connectivity index (χ0v) is 27.3. The number of amides is 4. The average Bonchev–Trinajstić information content (AvgIpc) is 3.43. The van der Waals surface area contributed by atoms with Crippen LogP contribution in [-0.2, 0) is 44.6 Å². The molecule has 1 aliphatic rings. The zero-order chi connectivity index (χ0) is 35.4. The summed E-state index contributed by atoms with van der Waals surface area (Å²) >= 11 is 0. The highest BCUT2D eigenvalue weighted by Gasteiger charge is 2.47. The normalized spacial score (nSPS) is 18.6. The van der Waals surface area contributed by atoms with E-state index < -0.39 is 64.7 Å². The number of carbonyl (C=O) groups excluding carboxylic acids is 4. The minimum Gasteiger partial charge on any atom is -0.358 e. The van der Waals surface area contributed by atoms with E-state index in [1.807, 2.05) is 13.8 Å². The van der Waals surface area contributed by atoms with Gasteiger partial charge in [0.1, 0.15) is 23.4 Å². The number of H-pyrrole nitrogens is 1. The van der Waals surface area contributed by atoms with E-state index in [1.165, 1.54) is 30.3 Å². The Bertz CT molecular complexity index is 1670. The summed E-state index contributed by atoms with van der Waals surface area (Å²) in [5.74, 6) is 1.35. The summed E-state index contributed by atoms with van der Waals surface area (Å²) < 4.78 is 56.0. The quantitative estimate of drug-likeness (QED) is 0.0742. The van der Waals surface area contributed by atoms with Gasteiger partial charge in [-0.3, -0.25) is 24.6 Å². The van der Waals surface area contributed by atoms with E-state index in [-0.39, 0.29) is 48.1 Å². The number of rotatable bonds is 12. The maximum atomic E-state index is 14.3. The van der Waals surface area contributed by atoms with Crippen molar-refractivity contribution in [3.63, 3.8) is 0 Å². The number of aryl methyl sites for hydroxylation is 1. The molecule has 0 radical (unpaired) electrons. The maximum absolute atomic E-state index is 14.3. The molecule has 1 aromatic heterocycles. The van der Waals surface area contributed by atoms with Gasteiger partial charge in [0.05, 0.1) is 17.5 Å². The van der Waals surface area contributed by atoms with Crippen LogP contribution in [0.3, 0.4) is 0 Å². The van der Waals surface area contributed by atoms with Gasteiger partial charge in [0.15, 0.2) is 0 Å². The standard InChI is InChI=1S/C34H42F4N6O4/c1-5-18(3)27(41-26(45)16-20-10-7-8-13-24(20)35)30(46)43-33(32(48)42-28(19(4)6-2)31(47)44-39)15-14-25-22(17-33)21-11-9-12-23(29(21)40-25)34(36,37)38/h7-13,18-19,27-28,40H,5-6,14-17,39H2,1-4H3,(H,41,45)(H,42,48)(H,43,46)(H,44,47)/t18?,19-,27-,28?,33+/m0/s1. The molecule has 4 amide bonds. The molecule has 0 bridgehead atoms. The smallest absolute Gasteiger partial charge is 0.358 e. The molecule has 2 aromatic carbocycles. The summed E-state index contributed by atoms with van der Waals surface area (Å²) in [5.41, 5.74) is 0.396. The molecule has 7 N–H and O–H groups in total. The van der Waals surface area contributed by atoms with Crippen LogP contribution in [0.1, 0.15) is 69.3 Å². The minimum atomic E-state index is -4.64. The molecule has 0 saturated carbocycles. The van der Waals surface area contributed by atoms with Crippen LogP contribution in [0.5, 0.6) is 0 Å². The van der Waals surface area contributed by atoms with Gasteiger partial charge in [-0.15, -0.1) is 0 Å². The third kappa shape index (κ3) is 7.64. The lowest BCUT2D eigenvalue weighted by atomic mass is 9.78. The number of hydrogen-bond donors (Lipinski definition) is 6. The lowest BCUT2D eigenvalue weighted by Gasteiger charge is -2.39. The number of nitrogens with one attached hydrogen (secondary N) is 5. The Hall–Kier alpha value is -4.46. The number of carbonyl (C=O) groups is 4. The summed E-state index contributed by atoms with van der Waals surface area (Å²) in [5, 5.41) is 8.53. The van der Waals surface area contributed by atoms with E-state index in [0.717, 1.165) is 6.07 Å². The van der Waals surface area contributed by atoms with E-state index in [0.29, 0.717) is 24.1 Å². The first kappa shape index (κ1) is 36.4. The van der Waals surface area contributed by atoms with Crippen molar-refractivity contribution in [2.75, 3.05) is 0 Å². The molecule has 260 valence electrons. The molecule has 1 aliphatic carbocycles. The number of aromatic amines is 1. The van der Waals surface area contributed by atoms with Gasteiger partial charge in [0.25, 0.3) is 5.91 Å². The zero-order valence-electron chi connectivity index (χ0n) is 27.3. The molecular formula is C34H42F4N6O4. The summed E-state index contributed by atoms with van der Waals surface area (Å²) in [6.45, 7) is 7.12. The van der Waals surface area contributed by atoms with Crippen LogP contribution in [-0.4, -0.2) is 46.2 Å². The molecule has 10 nitrogen and oxygen atoms in total. The van der Waals surface area contributed by atoms with Crippen molar-refractivity contribution >= 4 is 34.5 Å². The largest absolute Gasteiger partial charge is 0.418 e. The van der Waals surface area contributed by atoms with Crippen LogP contribution in [0.25, 0.3) is 10.9 Å². The van der Waals surface area contributed by atoms with E-state index in [2.05, 4.69) is 26.4 Å². The fourth-order valence-corrected chi connectivity index (χ4v) is 6.19. The Balaban J connectivity index is 1.73. The van der Waals surface area contributed by atoms with Gasteiger partial charge in [-0.05, 0) is 47.9 Å². The third-order valence-corrected chi connectivity index (χ3v) is 9.46. The number of alkyl halides is 3. The maximum Gasteiger partial charge on any atom is 0.418 e. The summed E-state index contributed by atoms with van der Waals surface area (Å²) in [6.07, 6.45) is -4.15. The second kappa shape index (κ2) is 14.8.